The average molecular weight is 916 g/mol. The monoisotopic (exact) mass is 915 g/mol. The van der Waals surface area contributed by atoms with Crippen molar-refractivity contribution in [1.29, 1.82) is 0 Å². The molecule has 0 aliphatic heterocycles. The highest BCUT2D eigenvalue weighted by atomic mass is 15.0. The third kappa shape index (κ3) is 8.11. The number of hydrogen-bond donors (Lipinski definition) is 0. The van der Waals surface area contributed by atoms with E-state index in [0.29, 0.717) is 17.5 Å². The summed E-state index contributed by atoms with van der Waals surface area (Å²) in [4.78, 5) is 15.4. The number of aromatic nitrogens is 5. The maximum atomic E-state index is 5.24. The minimum atomic E-state index is 0.533. The SMILES string of the molecule is C=C/C=C\C=C\c1cc(-c2nc(C3=CCCC=C3)nc(/C(C=C)=C/C=C)n2)cc(-c2ccccc2)c1-n1c2ccc(-c3c(C)cc(C)cc3C)cc2c2ccc(-n3c4ccccc4c4ccccc43)cc21. The highest BCUT2D eigenvalue weighted by Crippen LogP contribution is 2.44. The van der Waals surface area contributed by atoms with Crippen molar-refractivity contribution >= 4 is 60.8 Å². The lowest BCUT2D eigenvalue weighted by molar-refractivity contribution is 0.985. The molecule has 3 aromatic heterocycles. The fourth-order valence-corrected chi connectivity index (χ4v) is 10.6. The molecule has 11 rings (SSSR count). The molecular weight excluding hydrogens is 863 g/mol. The third-order valence-electron chi connectivity index (χ3n) is 13.6. The zero-order chi connectivity index (χ0) is 48.6. The van der Waals surface area contributed by atoms with E-state index in [1.807, 2.05) is 18.2 Å². The van der Waals surface area contributed by atoms with E-state index in [4.69, 9.17) is 15.0 Å². The maximum Gasteiger partial charge on any atom is 0.164 e. The molecule has 342 valence electrons. The molecule has 0 saturated heterocycles. The lowest BCUT2D eigenvalue weighted by atomic mass is 9.93. The molecule has 0 spiro atoms. The zero-order valence-corrected chi connectivity index (χ0v) is 40.4. The van der Waals surface area contributed by atoms with Crippen LogP contribution in [0.1, 0.15) is 46.7 Å². The zero-order valence-electron chi connectivity index (χ0n) is 40.4. The van der Waals surface area contributed by atoms with Crippen LogP contribution >= 0.6 is 0 Å². The van der Waals surface area contributed by atoms with Crippen molar-refractivity contribution in [2.75, 3.05) is 0 Å². The van der Waals surface area contributed by atoms with Gasteiger partial charge < -0.3 is 9.13 Å². The number of allylic oxidation sites excluding steroid dienone is 12. The lowest BCUT2D eigenvalue weighted by Gasteiger charge is -2.20. The van der Waals surface area contributed by atoms with E-state index in [1.165, 1.54) is 44.0 Å². The molecule has 0 fully saturated rings. The molecule has 7 aromatic carbocycles. The molecule has 0 bridgehead atoms. The number of rotatable bonds is 12. The number of benzene rings is 7. The minimum Gasteiger partial charge on any atom is -0.309 e. The fraction of sp³-hybridized carbons (Fsp3) is 0.0758. The van der Waals surface area contributed by atoms with Gasteiger partial charge in [-0.05, 0) is 116 Å². The molecule has 5 nitrogen and oxygen atoms in total. The number of aryl methyl sites for hydroxylation is 3. The summed E-state index contributed by atoms with van der Waals surface area (Å²) in [6.07, 6.45) is 23.8. The number of fused-ring (bicyclic) bond motifs is 6. The summed E-state index contributed by atoms with van der Waals surface area (Å²) in [5.41, 5.74) is 18.5. The van der Waals surface area contributed by atoms with Gasteiger partial charge in [0.15, 0.2) is 17.5 Å². The van der Waals surface area contributed by atoms with Gasteiger partial charge in [0.05, 0.1) is 27.8 Å². The molecule has 0 N–H and O–H groups in total. The number of nitrogens with zero attached hydrogens (tertiary/aromatic N) is 5. The highest BCUT2D eigenvalue weighted by molar-refractivity contribution is 6.13. The van der Waals surface area contributed by atoms with Crippen molar-refractivity contribution in [3.05, 3.63) is 254 Å². The number of para-hydroxylation sites is 2. The van der Waals surface area contributed by atoms with Crippen LogP contribution in [0.3, 0.4) is 0 Å². The van der Waals surface area contributed by atoms with Crippen LogP contribution in [0, 0.1) is 20.8 Å². The first-order valence-electron chi connectivity index (χ1n) is 24.3. The van der Waals surface area contributed by atoms with Gasteiger partial charge in [0, 0.05) is 49.5 Å². The van der Waals surface area contributed by atoms with E-state index < -0.39 is 0 Å². The minimum absolute atomic E-state index is 0.533. The van der Waals surface area contributed by atoms with Crippen LogP contribution in [0.25, 0.3) is 106 Å². The van der Waals surface area contributed by atoms with Crippen molar-refractivity contribution in [2.24, 2.45) is 0 Å². The quantitative estimate of drug-likeness (QED) is 0.115. The maximum absolute atomic E-state index is 5.24. The molecule has 5 heteroatoms. The molecule has 71 heavy (non-hydrogen) atoms. The third-order valence-corrected chi connectivity index (χ3v) is 13.6. The van der Waals surface area contributed by atoms with Crippen molar-refractivity contribution in [1.82, 2.24) is 24.1 Å². The molecule has 1 aliphatic rings. The summed E-state index contributed by atoms with van der Waals surface area (Å²) < 4.78 is 4.89. The summed E-state index contributed by atoms with van der Waals surface area (Å²) >= 11 is 0. The molecule has 3 heterocycles. The Kier molecular flexibility index (Phi) is 11.8. The van der Waals surface area contributed by atoms with Crippen LogP contribution in [0.4, 0.5) is 0 Å². The van der Waals surface area contributed by atoms with E-state index in [2.05, 4.69) is 220 Å². The van der Waals surface area contributed by atoms with Gasteiger partial charge in [-0.3, -0.25) is 0 Å². The van der Waals surface area contributed by atoms with E-state index in [0.717, 1.165) is 85.1 Å². The average Bonchev–Trinajstić information content (AvgIpc) is 3.91. The molecular formula is C66H53N5. The molecule has 0 unspecified atom stereocenters. The molecule has 0 amide bonds. The summed E-state index contributed by atoms with van der Waals surface area (Å²) in [6.45, 7) is 18.7. The molecule has 10 aromatic rings. The van der Waals surface area contributed by atoms with E-state index in [1.54, 1.807) is 18.2 Å². The Morgan fingerprint density at radius 1 is 0.549 bits per heavy atom. The molecule has 0 radical (unpaired) electrons. The first kappa shape index (κ1) is 44.6. The molecule has 0 atom stereocenters. The number of hydrogen-bond acceptors (Lipinski definition) is 3. The van der Waals surface area contributed by atoms with Crippen molar-refractivity contribution in [3.8, 4) is 45.0 Å². The standard InChI is InChI=1S/C66H53N5/c1-7-10-11-14-28-50-39-51(66-68-64(46(9-3)23-8-2)67-65(69-66)48-26-17-13-18-27-48)41-56(47-24-15-12-16-25-47)63(50)71-60-36-33-49(62-44(5)37-43(4)38-45(62)6)40-57(60)55-35-34-52(42-61(55)71)70-58-31-21-19-29-53(58)54-30-20-22-32-59(54)70/h7-12,14-17,19-42H,1-3,13,18H2,4-6H3/b11-10-,28-14+,46-23+. The van der Waals surface area contributed by atoms with Gasteiger partial charge in [-0.25, -0.2) is 15.0 Å². The Morgan fingerprint density at radius 3 is 1.96 bits per heavy atom. The van der Waals surface area contributed by atoms with Gasteiger partial charge in [0.25, 0.3) is 0 Å². The van der Waals surface area contributed by atoms with Gasteiger partial charge in [0.2, 0.25) is 0 Å². The Balaban J connectivity index is 1.26. The fourth-order valence-electron chi connectivity index (χ4n) is 10.6. The van der Waals surface area contributed by atoms with Crippen molar-refractivity contribution < 1.29 is 0 Å². The summed E-state index contributed by atoms with van der Waals surface area (Å²) in [5, 5.41) is 4.77. The first-order chi connectivity index (χ1) is 34.8. The second-order valence-corrected chi connectivity index (χ2v) is 18.2. The predicted molar refractivity (Wildman–Crippen MR) is 302 cm³/mol. The topological polar surface area (TPSA) is 48.5 Å². The van der Waals surface area contributed by atoms with Gasteiger partial charge in [-0.2, -0.15) is 0 Å². The normalized spacial score (nSPS) is 13.1. The van der Waals surface area contributed by atoms with E-state index in [9.17, 15) is 0 Å². The summed E-state index contributed by atoms with van der Waals surface area (Å²) in [5.74, 6) is 1.71. The van der Waals surface area contributed by atoms with Crippen LogP contribution in [0.15, 0.2) is 220 Å². The van der Waals surface area contributed by atoms with Crippen LogP contribution in [-0.4, -0.2) is 24.1 Å². The Hall–Kier alpha value is -8.93. The van der Waals surface area contributed by atoms with Crippen LogP contribution < -0.4 is 0 Å². The second-order valence-electron chi connectivity index (χ2n) is 18.2. The van der Waals surface area contributed by atoms with Gasteiger partial charge in [-0.15, -0.1) is 0 Å². The smallest absolute Gasteiger partial charge is 0.164 e. The van der Waals surface area contributed by atoms with Crippen LogP contribution in [0.5, 0.6) is 0 Å². The van der Waals surface area contributed by atoms with Crippen LogP contribution in [0.2, 0.25) is 0 Å². The molecule has 0 saturated carbocycles. The van der Waals surface area contributed by atoms with Crippen molar-refractivity contribution in [2.45, 2.75) is 33.6 Å². The predicted octanol–water partition coefficient (Wildman–Crippen LogP) is 17.2. The van der Waals surface area contributed by atoms with Gasteiger partial charge >= 0.3 is 0 Å². The second kappa shape index (κ2) is 18.9. The summed E-state index contributed by atoms with van der Waals surface area (Å²) in [6, 6.07) is 51.1. The Morgan fingerprint density at radius 2 is 1.25 bits per heavy atom. The Labute approximate surface area is 415 Å². The first-order valence-corrected chi connectivity index (χ1v) is 24.3. The van der Waals surface area contributed by atoms with Gasteiger partial charge in [0.1, 0.15) is 0 Å². The van der Waals surface area contributed by atoms with Gasteiger partial charge in [-0.1, -0.05) is 183 Å². The summed E-state index contributed by atoms with van der Waals surface area (Å²) in [7, 11) is 0. The van der Waals surface area contributed by atoms with Crippen molar-refractivity contribution in [3.63, 3.8) is 0 Å². The lowest BCUT2D eigenvalue weighted by Crippen LogP contribution is -2.06. The highest BCUT2D eigenvalue weighted by Gasteiger charge is 2.24. The van der Waals surface area contributed by atoms with E-state index >= 15 is 0 Å². The van der Waals surface area contributed by atoms with Crippen LogP contribution in [-0.2, 0) is 0 Å². The Bertz CT molecular complexity index is 3880. The van der Waals surface area contributed by atoms with E-state index in [-0.39, 0.29) is 0 Å². The largest absolute Gasteiger partial charge is 0.309 e. The molecule has 1 aliphatic carbocycles.